The first kappa shape index (κ1) is 56.1. The fraction of sp³-hybridized carbons (Fsp3) is 0.0562. The predicted octanol–water partition coefficient (Wildman–Crippen LogP) is 25.9. The van der Waals surface area contributed by atoms with Crippen LogP contribution in [0.1, 0.15) is 33.3 Å². The second-order valence-corrected chi connectivity index (χ2v) is 25.6. The average molecular weight is 1210 g/mol. The van der Waals surface area contributed by atoms with E-state index in [2.05, 4.69) is 308 Å². The summed E-state index contributed by atoms with van der Waals surface area (Å²) in [6.07, 6.45) is 5.58. The lowest BCUT2D eigenvalue weighted by Gasteiger charge is -2.25. The molecule has 4 aromatic heterocycles. The van der Waals surface area contributed by atoms with Crippen molar-refractivity contribution in [2.45, 2.75) is 33.1 Å². The summed E-state index contributed by atoms with van der Waals surface area (Å²) in [5, 5.41) is 14.3. The standard InChI is InChI=1S/C84H57N3O2.C5H8/c1-84(2,3)62-38-32-54(33-39-62)61-48-73-71-46-57-30-28-55(52-34-40-65(41-35-52)85(63-16-6-4-7-17-63)75-24-14-22-69-67-20-10-12-26-79(67)88-82(69)75)44-59(57)50-77(71)87-78-51-60-45-56(29-31-58(60)47-72(78)74(49-61)81(73)87)53-36-42-66(43-37-53)86(64-18-8-5-9-19-64)76-25-15-23-70-68-21-11-13-27-80(68)89-83(70)76;1-3-5-4-2/h4-51H,1-3H3;3-5H,1H2,2H3/b;5-4-. The number of para-hydroxylation sites is 6. The van der Waals surface area contributed by atoms with Crippen molar-refractivity contribution in [2.75, 3.05) is 9.80 Å². The zero-order valence-electron chi connectivity index (χ0n) is 52.8. The topological polar surface area (TPSA) is 37.2 Å². The summed E-state index contributed by atoms with van der Waals surface area (Å²) in [7, 11) is 0. The Balaban J connectivity index is 0.00000130. The Bertz CT molecular complexity index is 5640. The third kappa shape index (κ3) is 9.46. The highest BCUT2D eigenvalue weighted by atomic mass is 16.3. The lowest BCUT2D eigenvalue weighted by molar-refractivity contribution is 0.590. The maximum atomic E-state index is 6.61. The molecule has 4 heterocycles. The minimum atomic E-state index is 0.0593. The lowest BCUT2D eigenvalue weighted by atomic mass is 9.86. The second-order valence-electron chi connectivity index (χ2n) is 25.6. The van der Waals surface area contributed by atoms with Crippen LogP contribution in [0.25, 0.3) is 137 Å². The molecule has 0 amide bonds. The molecule has 94 heavy (non-hydrogen) atoms. The monoisotopic (exact) mass is 1210 g/mol. The van der Waals surface area contributed by atoms with Gasteiger partial charge in [0, 0.05) is 65.8 Å². The quantitative estimate of drug-likeness (QED) is 0.128. The Hall–Kier alpha value is -11.9. The van der Waals surface area contributed by atoms with Crippen molar-refractivity contribution in [2.24, 2.45) is 0 Å². The molecule has 0 aliphatic carbocycles. The zero-order chi connectivity index (χ0) is 63.2. The van der Waals surface area contributed by atoms with Crippen molar-refractivity contribution in [3.05, 3.63) is 322 Å². The highest BCUT2D eigenvalue weighted by molar-refractivity contribution is 6.27. The third-order valence-corrected chi connectivity index (χ3v) is 18.9. The smallest absolute Gasteiger partial charge is 0.159 e. The SMILES string of the molecule is C=C/C=C\C.CC(C)(C)c1ccc(-c2cc3c4cc5ccc(-c6ccc(N(c7ccccc7)c7cccc8c7oc7ccccc78)cc6)cc5cc4n4c5cc6cc(-c7ccc(N(c8ccccc8)c8cccc9c8oc8ccccc89)cc7)ccc6cc5c(c2)c34)cc1. The molecule has 0 N–H and O–H groups in total. The van der Waals surface area contributed by atoms with Crippen LogP contribution in [0, 0.1) is 0 Å². The summed E-state index contributed by atoms with van der Waals surface area (Å²) in [6.45, 7) is 12.3. The van der Waals surface area contributed by atoms with Gasteiger partial charge in [-0.3, -0.25) is 0 Å². The number of furan rings is 2. The van der Waals surface area contributed by atoms with E-state index >= 15 is 0 Å². The van der Waals surface area contributed by atoms with E-state index in [1.807, 2.05) is 43.3 Å². The molecule has 0 saturated carbocycles. The van der Waals surface area contributed by atoms with Gasteiger partial charge in [-0.25, -0.2) is 0 Å². The van der Waals surface area contributed by atoms with Crippen LogP contribution in [0.3, 0.4) is 0 Å². The number of benzene rings is 14. The molecule has 0 atom stereocenters. The van der Waals surface area contributed by atoms with Crippen LogP contribution in [-0.4, -0.2) is 4.40 Å². The first-order chi connectivity index (χ1) is 46.1. The molecule has 0 aliphatic rings. The molecular weight excluding hydrogens is 1140 g/mol. The zero-order valence-corrected chi connectivity index (χ0v) is 52.8. The Kier molecular flexibility index (Phi) is 13.4. The van der Waals surface area contributed by atoms with Gasteiger partial charge in [0.1, 0.15) is 11.2 Å². The van der Waals surface area contributed by atoms with Crippen molar-refractivity contribution < 1.29 is 8.83 Å². The summed E-state index contributed by atoms with van der Waals surface area (Å²) in [4.78, 5) is 4.61. The number of hydrogen-bond donors (Lipinski definition) is 0. The molecule has 0 spiro atoms. The van der Waals surface area contributed by atoms with E-state index in [0.717, 1.165) is 100 Å². The van der Waals surface area contributed by atoms with Crippen molar-refractivity contribution in [3.8, 4) is 33.4 Å². The maximum Gasteiger partial charge on any atom is 0.159 e. The van der Waals surface area contributed by atoms with Gasteiger partial charge in [0.2, 0.25) is 0 Å². The first-order valence-electron chi connectivity index (χ1n) is 32.3. The second kappa shape index (κ2) is 22.5. The van der Waals surface area contributed by atoms with E-state index in [1.165, 1.54) is 76.3 Å². The van der Waals surface area contributed by atoms with E-state index in [9.17, 15) is 0 Å². The molecule has 448 valence electrons. The number of anilines is 6. The molecule has 0 saturated heterocycles. The molecule has 5 heteroatoms. The summed E-state index contributed by atoms with van der Waals surface area (Å²) >= 11 is 0. The normalized spacial score (nSPS) is 12.0. The first-order valence-corrected chi connectivity index (χ1v) is 32.3. The molecule has 14 aromatic carbocycles. The Morgan fingerprint density at radius 2 is 0.745 bits per heavy atom. The summed E-state index contributed by atoms with van der Waals surface area (Å²) < 4.78 is 15.8. The van der Waals surface area contributed by atoms with Gasteiger partial charge in [0.15, 0.2) is 11.2 Å². The third-order valence-electron chi connectivity index (χ3n) is 18.9. The van der Waals surface area contributed by atoms with Crippen molar-refractivity contribution in [3.63, 3.8) is 0 Å². The summed E-state index contributed by atoms with van der Waals surface area (Å²) in [5.74, 6) is 0. The molecule has 0 aliphatic heterocycles. The number of hydrogen-bond acceptors (Lipinski definition) is 4. The highest BCUT2D eigenvalue weighted by Gasteiger charge is 2.24. The van der Waals surface area contributed by atoms with Crippen LogP contribution in [-0.2, 0) is 5.41 Å². The molecule has 0 radical (unpaired) electrons. The van der Waals surface area contributed by atoms with E-state index in [1.54, 1.807) is 6.08 Å². The molecule has 18 rings (SSSR count). The van der Waals surface area contributed by atoms with Crippen LogP contribution in [0.5, 0.6) is 0 Å². The predicted molar refractivity (Wildman–Crippen MR) is 400 cm³/mol. The van der Waals surface area contributed by atoms with Gasteiger partial charge in [-0.15, -0.1) is 0 Å². The number of rotatable bonds is 10. The molecular formula is C89H65N3O2. The van der Waals surface area contributed by atoms with Crippen molar-refractivity contribution in [1.82, 2.24) is 4.40 Å². The fourth-order valence-electron chi connectivity index (χ4n) is 14.3. The molecule has 0 unspecified atom stereocenters. The Morgan fingerprint density at radius 1 is 0.340 bits per heavy atom. The molecule has 5 nitrogen and oxygen atoms in total. The van der Waals surface area contributed by atoms with Crippen LogP contribution in [0.15, 0.2) is 325 Å². The van der Waals surface area contributed by atoms with Gasteiger partial charge in [0.05, 0.1) is 27.9 Å². The maximum absolute atomic E-state index is 6.61. The average Bonchev–Trinajstić information content (AvgIpc) is 1.53. The molecule has 0 bridgehead atoms. The minimum Gasteiger partial charge on any atom is -0.454 e. The van der Waals surface area contributed by atoms with Gasteiger partial charge in [-0.2, -0.15) is 0 Å². The van der Waals surface area contributed by atoms with Crippen LogP contribution < -0.4 is 9.80 Å². The number of allylic oxidation sites excluding steroid dienone is 3. The number of aromatic nitrogens is 1. The van der Waals surface area contributed by atoms with Crippen molar-refractivity contribution >= 4 is 138 Å². The lowest BCUT2D eigenvalue weighted by Crippen LogP contribution is -2.10. The summed E-state index contributed by atoms with van der Waals surface area (Å²) in [5.41, 5.74) is 21.8. The summed E-state index contributed by atoms with van der Waals surface area (Å²) in [6, 6.07) is 106. The minimum absolute atomic E-state index is 0.0593. The van der Waals surface area contributed by atoms with Gasteiger partial charge in [0.25, 0.3) is 0 Å². The fourth-order valence-corrected chi connectivity index (χ4v) is 14.3. The van der Waals surface area contributed by atoms with Crippen molar-refractivity contribution in [1.29, 1.82) is 0 Å². The van der Waals surface area contributed by atoms with Gasteiger partial charge in [-0.05, 0) is 194 Å². The van der Waals surface area contributed by atoms with E-state index in [4.69, 9.17) is 8.83 Å². The van der Waals surface area contributed by atoms with Crippen LogP contribution >= 0.6 is 0 Å². The Morgan fingerprint density at radius 3 is 1.18 bits per heavy atom. The molecule has 0 fully saturated rings. The van der Waals surface area contributed by atoms with Gasteiger partial charge in [-0.1, -0.05) is 215 Å². The van der Waals surface area contributed by atoms with Gasteiger partial charge >= 0.3 is 0 Å². The van der Waals surface area contributed by atoms with Gasteiger partial charge < -0.3 is 23.0 Å². The van der Waals surface area contributed by atoms with Crippen LogP contribution in [0.4, 0.5) is 34.1 Å². The molecule has 18 aromatic rings. The van der Waals surface area contributed by atoms with E-state index < -0.39 is 0 Å². The number of nitrogens with zero attached hydrogens (tertiary/aromatic N) is 3. The highest BCUT2D eigenvalue weighted by Crippen LogP contribution is 2.48. The Labute approximate surface area is 545 Å². The van der Waals surface area contributed by atoms with E-state index in [0.29, 0.717) is 0 Å². The van der Waals surface area contributed by atoms with Crippen LogP contribution in [0.2, 0.25) is 0 Å². The largest absolute Gasteiger partial charge is 0.454 e. The number of fused-ring (bicyclic) bond motifs is 14. The van der Waals surface area contributed by atoms with E-state index in [-0.39, 0.29) is 5.41 Å².